The molecular formula is C23H25ClN4O4S. The number of rotatable bonds is 6. The molecule has 8 nitrogen and oxygen atoms in total. The van der Waals surface area contributed by atoms with Crippen LogP contribution in [0.15, 0.2) is 47.1 Å². The number of carbonyl (C=O) groups is 1. The zero-order valence-corrected chi connectivity index (χ0v) is 20.0. The summed E-state index contributed by atoms with van der Waals surface area (Å²) in [4.78, 5) is 23.4. The van der Waals surface area contributed by atoms with E-state index >= 15 is 0 Å². The van der Waals surface area contributed by atoms with E-state index in [2.05, 4.69) is 15.3 Å². The zero-order chi connectivity index (χ0) is 23.6. The normalized spacial score (nSPS) is 16.4. The first-order chi connectivity index (χ1) is 15.7. The number of hydrogen-bond acceptors (Lipinski definition) is 7. The largest absolute Gasteiger partial charge is 0.464 e. The summed E-state index contributed by atoms with van der Waals surface area (Å²) in [7, 11) is -2.98. The highest BCUT2D eigenvalue weighted by Crippen LogP contribution is 2.30. The van der Waals surface area contributed by atoms with Gasteiger partial charge in [-0.05, 0) is 43.2 Å². The topological polar surface area (TPSA) is 105 Å². The molecule has 1 saturated heterocycles. The van der Waals surface area contributed by atoms with Gasteiger partial charge in [-0.25, -0.2) is 18.4 Å². The summed E-state index contributed by atoms with van der Waals surface area (Å²) in [6, 6.07) is 8.81. The van der Waals surface area contributed by atoms with Crippen molar-refractivity contribution in [2.24, 2.45) is 0 Å². The number of sulfone groups is 1. The van der Waals surface area contributed by atoms with Crippen LogP contribution in [0, 0.1) is 13.8 Å². The second kappa shape index (κ2) is 9.52. The molecule has 1 aliphatic heterocycles. The zero-order valence-electron chi connectivity index (χ0n) is 18.4. The minimum atomic E-state index is -2.98. The Morgan fingerprint density at radius 3 is 2.45 bits per heavy atom. The van der Waals surface area contributed by atoms with Crippen LogP contribution in [0.3, 0.4) is 0 Å². The number of nitrogens with one attached hydrogen (secondary N) is 1. The molecule has 1 aromatic carbocycles. The molecule has 1 atom stereocenters. The lowest BCUT2D eigenvalue weighted by molar-refractivity contribution is -0.121. The second-order valence-electron chi connectivity index (χ2n) is 8.18. The lowest BCUT2D eigenvalue weighted by Crippen LogP contribution is -2.41. The van der Waals surface area contributed by atoms with E-state index in [1.165, 1.54) is 0 Å². The van der Waals surface area contributed by atoms with Crippen LogP contribution in [0.4, 0.5) is 5.95 Å². The van der Waals surface area contributed by atoms with Gasteiger partial charge in [-0.2, -0.15) is 0 Å². The molecule has 10 heteroatoms. The molecule has 174 valence electrons. The first-order valence-corrected chi connectivity index (χ1v) is 12.8. The van der Waals surface area contributed by atoms with Gasteiger partial charge in [0.15, 0.2) is 9.84 Å². The Labute approximate surface area is 197 Å². The molecular weight excluding hydrogens is 464 g/mol. The summed E-state index contributed by atoms with van der Waals surface area (Å²) in [5.41, 5.74) is 2.41. The summed E-state index contributed by atoms with van der Waals surface area (Å²) in [6.07, 6.45) is 3.26. The number of amides is 1. The van der Waals surface area contributed by atoms with Crippen molar-refractivity contribution in [1.29, 1.82) is 0 Å². The van der Waals surface area contributed by atoms with Crippen molar-refractivity contribution in [2.75, 3.05) is 29.5 Å². The van der Waals surface area contributed by atoms with Crippen LogP contribution in [0.5, 0.6) is 0 Å². The van der Waals surface area contributed by atoms with Gasteiger partial charge in [0.25, 0.3) is 0 Å². The van der Waals surface area contributed by atoms with E-state index in [-0.39, 0.29) is 23.8 Å². The van der Waals surface area contributed by atoms with E-state index in [4.69, 9.17) is 16.0 Å². The molecule has 1 amide bonds. The van der Waals surface area contributed by atoms with Crippen LogP contribution in [-0.4, -0.2) is 48.9 Å². The molecule has 1 unspecified atom stereocenters. The maximum absolute atomic E-state index is 12.9. The monoisotopic (exact) mass is 488 g/mol. The van der Waals surface area contributed by atoms with Crippen LogP contribution >= 0.6 is 11.6 Å². The number of furan rings is 1. The van der Waals surface area contributed by atoms with E-state index in [0.717, 1.165) is 16.9 Å². The predicted octanol–water partition coefficient (Wildman–Crippen LogP) is 3.02. The number of aryl methyl sites for hydroxylation is 2. The van der Waals surface area contributed by atoms with Crippen LogP contribution in [0.1, 0.15) is 34.3 Å². The van der Waals surface area contributed by atoms with Gasteiger partial charge in [0, 0.05) is 36.1 Å². The third-order valence-corrected chi connectivity index (χ3v) is 7.44. The first kappa shape index (κ1) is 23.3. The fourth-order valence-electron chi connectivity index (χ4n) is 3.69. The van der Waals surface area contributed by atoms with Crippen molar-refractivity contribution in [3.05, 3.63) is 76.0 Å². The molecule has 0 aliphatic carbocycles. The van der Waals surface area contributed by atoms with Crippen LogP contribution in [-0.2, 0) is 21.1 Å². The van der Waals surface area contributed by atoms with Gasteiger partial charge in [-0.3, -0.25) is 4.79 Å². The highest BCUT2D eigenvalue weighted by Gasteiger charge is 2.24. The van der Waals surface area contributed by atoms with Crippen molar-refractivity contribution >= 4 is 33.3 Å². The van der Waals surface area contributed by atoms with Crippen molar-refractivity contribution in [3.63, 3.8) is 0 Å². The van der Waals surface area contributed by atoms with Crippen LogP contribution in [0.2, 0.25) is 5.02 Å². The first-order valence-electron chi connectivity index (χ1n) is 10.6. The standard InChI is InChI=1S/C23H25ClN4O4S/c1-15-3-5-18(19(24)11-15)22(20-6-4-16(2)32-20)27-21(29)12-17-13-25-23(26-14-17)28-7-9-33(30,31)10-8-28/h3-6,11,13-14,22H,7-10,12H2,1-2H3,(H,27,29). The number of anilines is 1. The van der Waals surface area contributed by atoms with Crippen LogP contribution < -0.4 is 10.2 Å². The van der Waals surface area contributed by atoms with E-state index in [0.29, 0.717) is 35.4 Å². The molecule has 0 spiro atoms. The lowest BCUT2D eigenvalue weighted by atomic mass is 10.0. The number of benzene rings is 1. The number of carbonyl (C=O) groups excluding carboxylic acids is 1. The number of nitrogens with zero attached hydrogens (tertiary/aromatic N) is 3. The summed E-state index contributed by atoms with van der Waals surface area (Å²) in [6.45, 7) is 4.52. The molecule has 1 aliphatic rings. The molecule has 0 radical (unpaired) electrons. The van der Waals surface area contributed by atoms with E-state index in [9.17, 15) is 13.2 Å². The molecule has 1 fully saturated rings. The molecule has 2 aromatic heterocycles. The Morgan fingerprint density at radius 1 is 1.15 bits per heavy atom. The number of hydrogen-bond donors (Lipinski definition) is 1. The van der Waals surface area contributed by atoms with E-state index in [1.54, 1.807) is 12.4 Å². The van der Waals surface area contributed by atoms with E-state index in [1.807, 2.05) is 49.1 Å². The highest BCUT2D eigenvalue weighted by atomic mass is 35.5. The highest BCUT2D eigenvalue weighted by molar-refractivity contribution is 7.91. The average Bonchev–Trinajstić information content (AvgIpc) is 3.19. The van der Waals surface area contributed by atoms with Gasteiger partial charge in [0.1, 0.15) is 17.6 Å². The second-order valence-corrected chi connectivity index (χ2v) is 10.9. The summed E-state index contributed by atoms with van der Waals surface area (Å²) in [5.74, 6) is 1.75. The summed E-state index contributed by atoms with van der Waals surface area (Å²) in [5, 5.41) is 3.56. The maximum atomic E-state index is 12.9. The minimum Gasteiger partial charge on any atom is -0.464 e. The summed E-state index contributed by atoms with van der Waals surface area (Å²) < 4.78 is 29.0. The molecule has 4 rings (SSSR count). The third kappa shape index (κ3) is 5.72. The van der Waals surface area contributed by atoms with Gasteiger partial charge in [-0.15, -0.1) is 0 Å². The maximum Gasteiger partial charge on any atom is 0.225 e. The summed E-state index contributed by atoms with van der Waals surface area (Å²) >= 11 is 6.48. The fourth-order valence-corrected chi connectivity index (χ4v) is 5.23. The van der Waals surface area contributed by atoms with Gasteiger partial charge < -0.3 is 14.6 Å². The smallest absolute Gasteiger partial charge is 0.225 e. The van der Waals surface area contributed by atoms with Crippen molar-refractivity contribution in [2.45, 2.75) is 26.3 Å². The quantitative estimate of drug-likeness (QED) is 0.568. The van der Waals surface area contributed by atoms with Crippen LogP contribution in [0.25, 0.3) is 0 Å². The van der Waals surface area contributed by atoms with E-state index < -0.39 is 15.9 Å². The Kier molecular flexibility index (Phi) is 6.71. The molecule has 1 N–H and O–H groups in total. The number of aromatic nitrogens is 2. The fraction of sp³-hybridized carbons (Fsp3) is 0.348. The molecule has 0 saturated carbocycles. The lowest BCUT2D eigenvalue weighted by Gasteiger charge is -2.26. The Morgan fingerprint density at radius 2 is 1.85 bits per heavy atom. The van der Waals surface area contributed by atoms with Gasteiger partial charge in [0.05, 0.1) is 17.9 Å². The third-order valence-electron chi connectivity index (χ3n) is 5.50. The van der Waals surface area contributed by atoms with Crippen molar-refractivity contribution in [3.8, 4) is 0 Å². The Balaban J connectivity index is 1.46. The van der Waals surface area contributed by atoms with Gasteiger partial charge in [-0.1, -0.05) is 23.7 Å². The average molecular weight is 489 g/mol. The Bertz CT molecular complexity index is 1240. The Hall–Kier alpha value is -2.91. The van der Waals surface area contributed by atoms with Gasteiger partial charge in [0.2, 0.25) is 11.9 Å². The van der Waals surface area contributed by atoms with Gasteiger partial charge >= 0.3 is 0 Å². The molecule has 33 heavy (non-hydrogen) atoms. The molecule has 3 heterocycles. The molecule has 0 bridgehead atoms. The number of halogens is 1. The van der Waals surface area contributed by atoms with Crippen molar-refractivity contribution in [1.82, 2.24) is 15.3 Å². The molecule has 3 aromatic rings. The SMILES string of the molecule is Cc1ccc(C(NC(=O)Cc2cnc(N3CCS(=O)(=O)CC3)nc2)c2ccc(C)o2)c(Cl)c1. The minimum absolute atomic E-state index is 0.0777. The van der Waals surface area contributed by atoms with Crippen molar-refractivity contribution < 1.29 is 17.6 Å². The predicted molar refractivity (Wildman–Crippen MR) is 126 cm³/mol.